The van der Waals surface area contributed by atoms with Crippen LogP contribution in [0.3, 0.4) is 0 Å². The Bertz CT molecular complexity index is 130. The van der Waals surface area contributed by atoms with Gasteiger partial charge in [-0.15, -0.1) is 0 Å². The molecular formula is C12H25NS. The average Bonchev–Trinajstić information content (AvgIpc) is 2.48. The molecular weight excluding hydrogens is 190 g/mol. The van der Waals surface area contributed by atoms with Crippen molar-refractivity contribution in [2.75, 3.05) is 18.6 Å². The molecule has 1 N–H and O–H groups in total. The summed E-state index contributed by atoms with van der Waals surface area (Å²) in [6.45, 7) is 2.25. The van der Waals surface area contributed by atoms with Gasteiger partial charge in [0.05, 0.1) is 0 Å². The Morgan fingerprint density at radius 2 is 1.86 bits per heavy atom. The summed E-state index contributed by atoms with van der Waals surface area (Å²) >= 11 is 2.08. The van der Waals surface area contributed by atoms with Gasteiger partial charge in [-0.1, -0.05) is 32.6 Å². The van der Waals surface area contributed by atoms with Crippen molar-refractivity contribution in [3.8, 4) is 0 Å². The number of nitrogens with one attached hydrogen (secondary N) is 1. The highest BCUT2D eigenvalue weighted by Gasteiger charge is 2.20. The summed E-state index contributed by atoms with van der Waals surface area (Å²) in [6.07, 6.45) is 8.76. The molecule has 1 fully saturated rings. The van der Waals surface area contributed by atoms with E-state index in [1.165, 1.54) is 50.0 Å². The molecule has 2 heteroatoms. The van der Waals surface area contributed by atoms with Crippen molar-refractivity contribution >= 4 is 11.8 Å². The normalized spacial score (nSPS) is 21.9. The second-order valence-corrected chi connectivity index (χ2v) is 5.63. The van der Waals surface area contributed by atoms with E-state index in [2.05, 4.69) is 31.1 Å². The van der Waals surface area contributed by atoms with Crippen LogP contribution in [0.2, 0.25) is 0 Å². The van der Waals surface area contributed by atoms with Gasteiger partial charge in [0.25, 0.3) is 0 Å². The average molecular weight is 215 g/mol. The van der Waals surface area contributed by atoms with Crippen LogP contribution >= 0.6 is 11.8 Å². The van der Waals surface area contributed by atoms with Crippen LogP contribution in [0.1, 0.15) is 45.4 Å². The fourth-order valence-corrected chi connectivity index (χ4v) is 3.34. The van der Waals surface area contributed by atoms with Gasteiger partial charge in [-0.25, -0.2) is 0 Å². The van der Waals surface area contributed by atoms with Crippen LogP contribution in [-0.2, 0) is 0 Å². The summed E-state index contributed by atoms with van der Waals surface area (Å²) in [5.41, 5.74) is 0. The van der Waals surface area contributed by atoms with Gasteiger partial charge in [-0.3, -0.25) is 0 Å². The molecule has 0 radical (unpaired) electrons. The Morgan fingerprint density at radius 3 is 2.36 bits per heavy atom. The van der Waals surface area contributed by atoms with Gasteiger partial charge < -0.3 is 5.32 Å². The number of thioether (sulfide) groups is 1. The Hall–Kier alpha value is 0.310. The molecule has 0 bridgehead atoms. The molecule has 1 unspecified atom stereocenters. The molecule has 84 valence electrons. The number of rotatable bonds is 5. The summed E-state index contributed by atoms with van der Waals surface area (Å²) < 4.78 is 0. The first-order valence-corrected chi connectivity index (χ1v) is 7.29. The zero-order valence-corrected chi connectivity index (χ0v) is 10.5. The third-order valence-electron chi connectivity index (χ3n) is 3.34. The lowest BCUT2D eigenvalue weighted by Gasteiger charge is -2.25. The molecule has 1 nitrogen and oxygen atoms in total. The Morgan fingerprint density at radius 1 is 1.21 bits per heavy atom. The number of hydrogen-bond donors (Lipinski definition) is 1. The molecule has 0 aromatic carbocycles. The molecule has 0 aromatic rings. The standard InChI is InChI=1S/C12H25NS/c1-3-14-10-12(13-2)11-8-6-4-5-7-9-11/h11-13H,3-10H2,1-2H3. The molecule has 1 aliphatic rings. The Labute approximate surface area is 93.4 Å². The largest absolute Gasteiger partial charge is 0.316 e. The molecule has 0 aliphatic heterocycles. The first-order chi connectivity index (χ1) is 6.88. The van der Waals surface area contributed by atoms with Gasteiger partial charge in [0, 0.05) is 11.8 Å². The highest BCUT2D eigenvalue weighted by molar-refractivity contribution is 7.99. The quantitative estimate of drug-likeness (QED) is 0.706. The highest BCUT2D eigenvalue weighted by atomic mass is 32.2. The number of hydrogen-bond acceptors (Lipinski definition) is 2. The molecule has 1 saturated carbocycles. The van der Waals surface area contributed by atoms with E-state index in [4.69, 9.17) is 0 Å². The minimum atomic E-state index is 0.762. The van der Waals surface area contributed by atoms with Gasteiger partial charge >= 0.3 is 0 Å². The fraction of sp³-hybridized carbons (Fsp3) is 1.00. The van der Waals surface area contributed by atoms with Crippen molar-refractivity contribution in [2.45, 2.75) is 51.5 Å². The maximum absolute atomic E-state index is 3.51. The molecule has 14 heavy (non-hydrogen) atoms. The fourth-order valence-electron chi connectivity index (χ4n) is 2.41. The van der Waals surface area contributed by atoms with Gasteiger partial charge in [0.2, 0.25) is 0 Å². The van der Waals surface area contributed by atoms with E-state index in [1.54, 1.807) is 0 Å². The van der Waals surface area contributed by atoms with Crippen LogP contribution in [0.15, 0.2) is 0 Å². The molecule has 0 saturated heterocycles. The maximum Gasteiger partial charge on any atom is 0.0183 e. The first-order valence-electron chi connectivity index (χ1n) is 6.13. The summed E-state index contributed by atoms with van der Waals surface area (Å²) in [5.74, 6) is 3.50. The van der Waals surface area contributed by atoms with Crippen LogP contribution in [0.25, 0.3) is 0 Å². The van der Waals surface area contributed by atoms with Gasteiger partial charge in [0.15, 0.2) is 0 Å². The maximum atomic E-state index is 3.51. The Kier molecular flexibility index (Phi) is 6.70. The smallest absolute Gasteiger partial charge is 0.0183 e. The van der Waals surface area contributed by atoms with Crippen molar-refractivity contribution in [3.05, 3.63) is 0 Å². The lowest BCUT2D eigenvalue weighted by molar-refractivity contribution is 0.359. The van der Waals surface area contributed by atoms with E-state index in [0.29, 0.717) is 0 Å². The van der Waals surface area contributed by atoms with Gasteiger partial charge in [-0.2, -0.15) is 11.8 Å². The van der Waals surface area contributed by atoms with E-state index in [1.807, 2.05) is 0 Å². The molecule has 1 rings (SSSR count). The molecule has 1 aliphatic carbocycles. The van der Waals surface area contributed by atoms with Gasteiger partial charge in [-0.05, 0) is 31.6 Å². The first kappa shape index (κ1) is 12.4. The molecule has 0 amide bonds. The minimum absolute atomic E-state index is 0.762. The molecule has 1 atom stereocenters. The predicted molar refractivity (Wildman–Crippen MR) is 67.0 cm³/mol. The second-order valence-electron chi connectivity index (χ2n) is 4.31. The van der Waals surface area contributed by atoms with Crippen molar-refractivity contribution in [1.29, 1.82) is 0 Å². The minimum Gasteiger partial charge on any atom is -0.316 e. The van der Waals surface area contributed by atoms with Crippen LogP contribution < -0.4 is 5.32 Å². The van der Waals surface area contributed by atoms with Crippen molar-refractivity contribution in [1.82, 2.24) is 5.32 Å². The highest BCUT2D eigenvalue weighted by Crippen LogP contribution is 2.26. The summed E-state index contributed by atoms with van der Waals surface area (Å²) in [6, 6.07) is 0.762. The van der Waals surface area contributed by atoms with Crippen molar-refractivity contribution < 1.29 is 0 Å². The van der Waals surface area contributed by atoms with E-state index >= 15 is 0 Å². The molecule has 0 aromatic heterocycles. The molecule has 0 spiro atoms. The molecule has 0 heterocycles. The van der Waals surface area contributed by atoms with Crippen LogP contribution in [0.5, 0.6) is 0 Å². The third-order valence-corrected chi connectivity index (χ3v) is 4.34. The monoisotopic (exact) mass is 215 g/mol. The summed E-state index contributed by atoms with van der Waals surface area (Å²) in [5, 5.41) is 3.51. The van der Waals surface area contributed by atoms with E-state index in [9.17, 15) is 0 Å². The lowest BCUT2D eigenvalue weighted by Crippen LogP contribution is -2.35. The van der Waals surface area contributed by atoms with Crippen molar-refractivity contribution in [2.24, 2.45) is 5.92 Å². The van der Waals surface area contributed by atoms with Crippen molar-refractivity contribution in [3.63, 3.8) is 0 Å². The predicted octanol–water partition coefficient (Wildman–Crippen LogP) is 3.30. The summed E-state index contributed by atoms with van der Waals surface area (Å²) in [4.78, 5) is 0. The van der Waals surface area contributed by atoms with E-state index < -0.39 is 0 Å². The van der Waals surface area contributed by atoms with Crippen LogP contribution in [0.4, 0.5) is 0 Å². The zero-order chi connectivity index (χ0) is 10.2. The lowest BCUT2D eigenvalue weighted by atomic mass is 9.93. The van der Waals surface area contributed by atoms with E-state index in [-0.39, 0.29) is 0 Å². The van der Waals surface area contributed by atoms with Crippen LogP contribution in [-0.4, -0.2) is 24.6 Å². The van der Waals surface area contributed by atoms with Crippen LogP contribution in [0, 0.1) is 5.92 Å². The third kappa shape index (κ3) is 4.22. The SMILES string of the molecule is CCSCC(NC)C1CCCCCC1. The topological polar surface area (TPSA) is 12.0 Å². The zero-order valence-electron chi connectivity index (χ0n) is 9.72. The van der Waals surface area contributed by atoms with Gasteiger partial charge in [0.1, 0.15) is 0 Å². The van der Waals surface area contributed by atoms with E-state index in [0.717, 1.165) is 12.0 Å². The Balaban J connectivity index is 2.32. The summed E-state index contributed by atoms with van der Waals surface area (Å²) in [7, 11) is 2.13. The second kappa shape index (κ2) is 7.58.